The van der Waals surface area contributed by atoms with Crippen molar-refractivity contribution in [2.45, 2.75) is 59.0 Å². The number of aromatic hydroxyl groups is 1. The topological polar surface area (TPSA) is 110 Å². The summed E-state index contributed by atoms with van der Waals surface area (Å²) in [5.74, 6) is -0.0437. The van der Waals surface area contributed by atoms with Crippen LogP contribution in [0.5, 0.6) is 11.5 Å². The van der Waals surface area contributed by atoms with E-state index in [-0.39, 0.29) is 18.6 Å². The maximum atomic E-state index is 11.5. The summed E-state index contributed by atoms with van der Waals surface area (Å²) >= 11 is 0. The molecule has 1 aliphatic heterocycles. The Labute approximate surface area is 141 Å². The van der Waals surface area contributed by atoms with Gasteiger partial charge in [0.05, 0.1) is 6.42 Å². The van der Waals surface area contributed by atoms with Crippen LogP contribution in [0.2, 0.25) is 0 Å². The molecular formula is C16H22O7S. The third-order valence-corrected chi connectivity index (χ3v) is 5.05. The molecule has 8 heteroatoms. The third-order valence-electron chi connectivity index (χ3n) is 4.65. The average Bonchev–Trinajstić information content (AvgIpc) is 2.47. The smallest absolute Gasteiger partial charge is 0.448 e. The van der Waals surface area contributed by atoms with Crippen LogP contribution in [-0.2, 0) is 25.8 Å². The first-order chi connectivity index (χ1) is 10.9. The largest absolute Gasteiger partial charge is 0.507 e. The Balaban J connectivity index is 2.18. The van der Waals surface area contributed by atoms with Crippen molar-refractivity contribution < 1.29 is 31.8 Å². The second-order valence-electron chi connectivity index (χ2n) is 6.47. The molecule has 0 fully saturated rings. The van der Waals surface area contributed by atoms with Crippen molar-refractivity contribution in [3.63, 3.8) is 0 Å². The molecule has 0 spiro atoms. The Hall–Kier alpha value is -1.80. The van der Waals surface area contributed by atoms with Crippen molar-refractivity contribution in [1.82, 2.24) is 0 Å². The Bertz CT molecular complexity index is 782. The molecule has 7 nitrogen and oxygen atoms in total. The quantitative estimate of drug-likeness (QED) is 0.796. The Kier molecular flexibility index (Phi) is 4.83. The number of phenolic OH excluding ortho intramolecular Hbond substituents is 1. The zero-order valence-corrected chi connectivity index (χ0v) is 15.0. The Morgan fingerprint density at radius 3 is 2.46 bits per heavy atom. The van der Waals surface area contributed by atoms with Crippen molar-refractivity contribution in [3.05, 3.63) is 22.3 Å². The molecule has 0 aromatic heterocycles. The van der Waals surface area contributed by atoms with E-state index in [1.165, 1.54) is 0 Å². The molecule has 134 valence electrons. The van der Waals surface area contributed by atoms with Crippen molar-refractivity contribution in [2.24, 2.45) is 0 Å². The van der Waals surface area contributed by atoms with Gasteiger partial charge in [-0.25, -0.2) is 0 Å². The molecule has 0 amide bonds. The molecule has 2 rings (SSSR count). The zero-order chi connectivity index (χ0) is 18.3. The van der Waals surface area contributed by atoms with E-state index in [1.807, 2.05) is 27.7 Å². The number of rotatable bonds is 4. The SMILES string of the molecule is Cc1c(C)c2c(c(C)c1O)CC[C@@](C)(CCC(=O)OS(=O)(=O)O)O2. The van der Waals surface area contributed by atoms with E-state index in [1.54, 1.807) is 0 Å². The van der Waals surface area contributed by atoms with Gasteiger partial charge in [-0.1, -0.05) is 0 Å². The van der Waals surface area contributed by atoms with Gasteiger partial charge in [0, 0.05) is 5.56 Å². The molecule has 1 aromatic rings. The van der Waals surface area contributed by atoms with Gasteiger partial charge in [0.15, 0.2) is 0 Å². The number of carbonyl (C=O) groups is 1. The van der Waals surface area contributed by atoms with Crippen LogP contribution in [0.4, 0.5) is 0 Å². The van der Waals surface area contributed by atoms with E-state index < -0.39 is 22.0 Å². The molecule has 0 saturated carbocycles. The highest BCUT2D eigenvalue weighted by molar-refractivity contribution is 7.81. The van der Waals surface area contributed by atoms with Crippen LogP contribution in [0.1, 0.15) is 48.4 Å². The molecule has 0 radical (unpaired) electrons. The van der Waals surface area contributed by atoms with E-state index in [9.17, 15) is 18.3 Å². The lowest BCUT2D eigenvalue weighted by Crippen LogP contribution is -2.37. The minimum atomic E-state index is -4.79. The molecule has 1 aliphatic rings. The van der Waals surface area contributed by atoms with Gasteiger partial charge in [0.1, 0.15) is 17.1 Å². The summed E-state index contributed by atoms with van der Waals surface area (Å²) in [4.78, 5) is 11.5. The van der Waals surface area contributed by atoms with Crippen LogP contribution >= 0.6 is 0 Å². The van der Waals surface area contributed by atoms with Crippen LogP contribution in [-0.4, -0.2) is 29.6 Å². The van der Waals surface area contributed by atoms with Crippen molar-refractivity contribution in [3.8, 4) is 11.5 Å². The summed E-state index contributed by atoms with van der Waals surface area (Å²) in [5.41, 5.74) is 2.68. The maximum Gasteiger partial charge on any atom is 0.448 e. The first-order valence-corrected chi connectivity index (χ1v) is 9.00. The summed E-state index contributed by atoms with van der Waals surface area (Å²) in [6.07, 6.45) is 1.35. The van der Waals surface area contributed by atoms with Gasteiger partial charge in [-0.2, -0.15) is 8.42 Å². The number of hydrogen-bond donors (Lipinski definition) is 2. The molecule has 0 unspecified atom stereocenters. The zero-order valence-electron chi connectivity index (χ0n) is 14.2. The summed E-state index contributed by atoms with van der Waals surface area (Å²) in [7, 11) is -4.79. The minimum Gasteiger partial charge on any atom is -0.507 e. The van der Waals surface area contributed by atoms with Gasteiger partial charge in [-0.15, -0.1) is 0 Å². The predicted molar refractivity (Wildman–Crippen MR) is 86.5 cm³/mol. The number of ether oxygens (including phenoxy) is 1. The van der Waals surface area contributed by atoms with Gasteiger partial charge in [0.2, 0.25) is 0 Å². The number of phenols is 1. The average molecular weight is 358 g/mol. The predicted octanol–water partition coefficient (Wildman–Crippen LogP) is 2.53. The van der Waals surface area contributed by atoms with Crippen LogP contribution in [0.25, 0.3) is 0 Å². The Morgan fingerprint density at radius 2 is 1.88 bits per heavy atom. The fourth-order valence-electron chi connectivity index (χ4n) is 3.00. The molecule has 1 heterocycles. The first kappa shape index (κ1) is 18.5. The second-order valence-corrected chi connectivity index (χ2v) is 7.49. The highest BCUT2D eigenvalue weighted by Gasteiger charge is 2.35. The molecule has 2 N–H and O–H groups in total. The van der Waals surface area contributed by atoms with E-state index in [0.717, 1.165) is 22.3 Å². The lowest BCUT2D eigenvalue weighted by Gasteiger charge is -2.37. The van der Waals surface area contributed by atoms with Crippen LogP contribution in [0, 0.1) is 20.8 Å². The minimum absolute atomic E-state index is 0.194. The van der Waals surface area contributed by atoms with Gasteiger partial charge in [0.25, 0.3) is 0 Å². The van der Waals surface area contributed by atoms with Crippen molar-refractivity contribution in [1.29, 1.82) is 0 Å². The fraction of sp³-hybridized carbons (Fsp3) is 0.562. The van der Waals surface area contributed by atoms with Gasteiger partial charge < -0.3 is 14.0 Å². The van der Waals surface area contributed by atoms with E-state index in [0.29, 0.717) is 18.6 Å². The van der Waals surface area contributed by atoms with Gasteiger partial charge >= 0.3 is 16.4 Å². The molecular weight excluding hydrogens is 336 g/mol. The van der Waals surface area contributed by atoms with E-state index in [2.05, 4.69) is 4.18 Å². The summed E-state index contributed by atoms with van der Waals surface area (Å²) in [6, 6.07) is 0. The highest BCUT2D eigenvalue weighted by atomic mass is 32.3. The standard InChI is InChI=1S/C16H22O7S/c1-9-10(2)15-12(11(3)14(9)18)5-7-16(4,22-15)8-6-13(17)23-24(19,20)21/h18H,5-8H2,1-4H3,(H,19,20,21)/t16-/m0/s1. The second kappa shape index (κ2) is 6.25. The Morgan fingerprint density at radius 1 is 1.25 bits per heavy atom. The van der Waals surface area contributed by atoms with Gasteiger partial charge in [-0.3, -0.25) is 9.35 Å². The van der Waals surface area contributed by atoms with E-state index in [4.69, 9.17) is 9.29 Å². The van der Waals surface area contributed by atoms with E-state index >= 15 is 0 Å². The summed E-state index contributed by atoms with van der Waals surface area (Å²) in [5, 5.41) is 10.2. The monoisotopic (exact) mass is 358 g/mol. The molecule has 0 aliphatic carbocycles. The lowest BCUT2D eigenvalue weighted by atomic mass is 9.85. The molecule has 24 heavy (non-hydrogen) atoms. The molecule has 1 aromatic carbocycles. The molecule has 1 atom stereocenters. The number of carbonyl (C=O) groups excluding carboxylic acids is 1. The summed E-state index contributed by atoms with van der Waals surface area (Å²) in [6.45, 7) is 7.37. The number of fused-ring (bicyclic) bond motifs is 1. The number of benzene rings is 1. The summed E-state index contributed by atoms with van der Waals surface area (Å²) < 4.78 is 39.6. The van der Waals surface area contributed by atoms with Crippen molar-refractivity contribution in [2.75, 3.05) is 0 Å². The highest BCUT2D eigenvalue weighted by Crippen LogP contribution is 2.44. The molecule has 0 saturated heterocycles. The third kappa shape index (κ3) is 3.81. The normalized spacial score (nSPS) is 20.2. The van der Waals surface area contributed by atoms with Crippen LogP contribution in [0.3, 0.4) is 0 Å². The maximum absolute atomic E-state index is 11.5. The lowest BCUT2D eigenvalue weighted by molar-refractivity contribution is -0.135. The number of hydrogen-bond acceptors (Lipinski definition) is 6. The fourth-order valence-corrected chi connectivity index (χ4v) is 3.31. The van der Waals surface area contributed by atoms with Crippen LogP contribution < -0.4 is 4.74 Å². The van der Waals surface area contributed by atoms with Gasteiger partial charge in [-0.05, 0) is 63.6 Å². The molecule has 0 bridgehead atoms. The van der Waals surface area contributed by atoms with Crippen molar-refractivity contribution >= 4 is 16.4 Å². The van der Waals surface area contributed by atoms with Crippen LogP contribution in [0.15, 0.2) is 0 Å². The first-order valence-electron chi connectivity index (χ1n) is 7.64.